The maximum Gasteiger partial charge on any atom is -0.0146 e. The van der Waals surface area contributed by atoms with Gasteiger partial charge in [0.15, 0.2) is 0 Å². The molecule has 0 saturated carbocycles. The second kappa shape index (κ2) is 6.66. The number of unbranched alkanes of at least 4 members (excludes halogenated alkanes) is 2. The predicted molar refractivity (Wildman–Crippen MR) is 67.3 cm³/mol. The number of hydrogen-bond donors (Lipinski definition) is 0. The predicted octanol–water partition coefficient (Wildman–Crippen LogP) is 4.34. The van der Waals surface area contributed by atoms with Gasteiger partial charge in [-0.25, -0.2) is 0 Å². The van der Waals surface area contributed by atoms with Crippen LogP contribution in [0, 0.1) is 6.07 Å². The Labute approximate surface area is 94.7 Å². The molecule has 0 bridgehead atoms. The Kier molecular flexibility index (Phi) is 5.45. The van der Waals surface area contributed by atoms with Crippen LogP contribution in [0.25, 0.3) is 0 Å². The normalized spacial score (nSPS) is 10.6. The van der Waals surface area contributed by atoms with E-state index < -0.39 is 0 Å². The molecule has 0 heteroatoms. The van der Waals surface area contributed by atoms with Crippen molar-refractivity contribution in [2.24, 2.45) is 0 Å². The highest BCUT2D eigenvalue weighted by atomic mass is 14.1. The van der Waals surface area contributed by atoms with Crippen LogP contribution < -0.4 is 0 Å². The van der Waals surface area contributed by atoms with Gasteiger partial charge in [-0.3, -0.25) is 0 Å². The van der Waals surface area contributed by atoms with E-state index in [-0.39, 0.29) is 0 Å². The van der Waals surface area contributed by atoms with Crippen LogP contribution in [0.3, 0.4) is 0 Å². The zero-order valence-corrected chi connectivity index (χ0v) is 10.4. The van der Waals surface area contributed by atoms with Crippen molar-refractivity contribution in [3.63, 3.8) is 0 Å². The first-order chi connectivity index (χ1) is 7.33. The lowest BCUT2D eigenvalue weighted by Gasteiger charge is -2.11. The summed E-state index contributed by atoms with van der Waals surface area (Å²) in [6.07, 6.45) is 7.47. The van der Waals surface area contributed by atoms with E-state index in [4.69, 9.17) is 0 Å². The molecule has 0 aliphatic carbocycles. The molecule has 0 heterocycles. The Morgan fingerprint density at radius 3 is 2.47 bits per heavy atom. The highest BCUT2D eigenvalue weighted by Crippen LogP contribution is 2.18. The van der Waals surface area contributed by atoms with Crippen LogP contribution in [-0.2, 0) is 19.3 Å². The largest absolute Gasteiger partial charge is 0.0654 e. The summed E-state index contributed by atoms with van der Waals surface area (Å²) < 4.78 is 0. The van der Waals surface area contributed by atoms with Gasteiger partial charge in [0.25, 0.3) is 0 Å². The van der Waals surface area contributed by atoms with Crippen molar-refractivity contribution in [2.45, 2.75) is 59.3 Å². The maximum absolute atomic E-state index is 3.42. The quantitative estimate of drug-likeness (QED) is 0.603. The van der Waals surface area contributed by atoms with Gasteiger partial charge in [0.2, 0.25) is 0 Å². The van der Waals surface area contributed by atoms with Crippen LogP contribution >= 0.6 is 0 Å². The average Bonchev–Trinajstić information content (AvgIpc) is 2.29. The summed E-state index contributed by atoms with van der Waals surface area (Å²) in [6.45, 7) is 6.75. The highest BCUT2D eigenvalue weighted by molar-refractivity contribution is 5.34. The van der Waals surface area contributed by atoms with Gasteiger partial charge in [-0.05, 0) is 48.4 Å². The van der Waals surface area contributed by atoms with Crippen molar-refractivity contribution in [2.75, 3.05) is 0 Å². The van der Waals surface area contributed by atoms with Crippen LogP contribution in [-0.4, -0.2) is 0 Å². The third-order valence-corrected chi connectivity index (χ3v) is 3.06. The molecule has 0 atom stereocenters. The lowest BCUT2D eigenvalue weighted by atomic mass is 9.94. The summed E-state index contributed by atoms with van der Waals surface area (Å²) in [5.74, 6) is 0. The summed E-state index contributed by atoms with van der Waals surface area (Å²) in [5, 5.41) is 0. The van der Waals surface area contributed by atoms with E-state index in [2.05, 4.69) is 39.0 Å². The van der Waals surface area contributed by atoms with Gasteiger partial charge in [-0.15, -0.1) is 0 Å². The summed E-state index contributed by atoms with van der Waals surface area (Å²) in [4.78, 5) is 0. The van der Waals surface area contributed by atoms with Crippen LogP contribution in [0.2, 0.25) is 0 Å². The Morgan fingerprint density at radius 2 is 1.87 bits per heavy atom. The minimum absolute atomic E-state index is 1.15. The van der Waals surface area contributed by atoms with Gasteiger partial charge in [0.1, 0.15) is 0 Å². The summed E-state index contributed by atoms with van der Waals surface area (Å²) >= 11 is 0. The van der Waals surface area contributed by atoms with E-state index in [1.807, 2.05) is 0 Å². The van der Waals surface area contributed by atoms with Gasteiger partial charge in [0.05, 0.1) is 0 Å². The van der Waals surface area contributed by atoms with Gasteiger partial charge < -0.3 is 0 Å². The van der Waals surface area contributed by atoms with Crippen LogP contribution in [0.5, 0.6) is 0 Å². The zero-order chi connectivity index (χ0) is 11.1. The minimum Gasteiger partial charge on any atom is -0.0654 e. The van der Waals surface area contributed by atoms with E-state index in [1.54, 1.807) is 5.56 Å². The molecule has 1 aromatic rings. The Balaban J connectivity index is 2.76. The molecule has 0 N–H and O–H groups in total. The third-order valence-electron chi connectivity index (χ3n) is 3.06. The molecule has 1 aromatic carbocycles. The molecule has 83 valence electrons. The molecule has 0 aliphatic rings. The van der Waals surface area contributed by atoms with Gasteiger partial charge in [0, 0.05) is 0 Å². The van der Waals surface area contributed by atoms with E-state index in [0.717, 1.165) is 12.8 Å². The van der Waals surface area contributed by atoms with E-state index in [9.17, 15) is 0 Å². The Hall–Kier alpha value is -0.780. The monoisotopic (exact) mass is 203 g/mol. The molecule has 1 radical (unpaired) electrons. The zero-order valence-electron chi connectivity index (χ0n) is 10.4. The van der Waals surface area contributed by atoms with Crippen molar-refractivity contribution in [3.8, 4) is 0 Å². The van der Waals surface area contributed by atoms with Crippen molar-refractivity contribution in [1.29, 1.82) is 0 Å². The standard InChI is InChI=1S/C15H23/c1-4-7-8-10-14-12-9-11-13(5-2)15(14)6-3/h9,11H,4-8,10H2,1-3H3. The number of aryl methyl sites for hydroxylation is 2. The molecule has 0 spiro atoms. The van der Waals surface area contributed by atoms with Crippen LogP contribution in [0.15, 0.2) is 12.1 Å². The SMILES string of the molecule is CCCCCc1[c]ccc(CC)c1CC. The maximum atomic E-state index is 3.42. The molecule has 0 aliphatic heterocycles. The van der Waals surface area contributed by atoms with Crippen molar-refractivity contribution in [1.82, 2.24) is 0 Å². The van der Waals surface area contributed by atoms with Gasteiger partial charge in [-0.1, -0.05) is 45.7 Å². The molecule has 0 saturated heterocycles. The first kappa shape index (κ1) is 12.3. The van der Waals surface area contributed by atoms with Crippen molar-refractivity contribution in [3.05, 3.63) is 34.9 Å². The van der Waals surface area contributed by atoms with Crippen molar-refractivity contribution >= 4 is 0 Å². The highest BCUT2D eigenvalue weighted by Gasteiger charge is 2.04. The molecular formula is C15H23. The van der Waals surface area contributed by atoms with E-state index in [0.29, 0.717) is 0 Å². The molecule has 0 nitrogen and oxygen atoms in total. The topological polar surface area (TPSA) is 0 Å². The fourth-order valence-electron chi connectivity index (χ4n) is 2.17. The van der Waals surface area contributed by atoms with E-state index >= 15 is 0 Å². The third kappa shape index (κ3) is 3.37. The molecule has 0 aromatic heterocycles. The number of benzene rings is 1. The molecule has 1 rings (SSSR count). The molecule has 0 amide bonds. The number of rotatable bonds is 6. The van der Waals surface area contributed by atoms with Gasteiger partial charge >= 0.3 is 0 Å². The van der Waals surface area contributed by atoms with Crippen LogP contribution in [0.1, 0.15) is 56.7 Å². The van der Waals surface area contributed by atoms with Crippen molar-refractivity contribution < 1.29 is 0 Å². The summed E-state index contributed by atoms with van der Waals surface area (Å²) in [5.41, 5.74) is 4.53. The number of hydrogen-bond acceptors (Lipinski definition) is 0. The second-order valence-corrected chi connectivity index (χ2v) is 4.12. The van der Waals surface area contributed by atoms with Gasteiger partial charge in [-0.2, -0.15) is 0 Å². The molecule has 0 unspecified atom stereocenters. The molecule has 15 heavy (non-hydrogen) atoms. The Bertz CT molecular complexity index is 286. The first-order valence-electron chi connectivity index (χ1n) is 6.34. The second-order valence-electron chi connectivity index (χ2n) is 4.12. The Morgan fingerprint density at radius 1 is 1.07 bits per heavy atom. The van der Waals surface area contributed by atoms with Crippen LogP contribution in [0.4, 0.5) is 0 Å². The summed E-state index contributed by atoms with van der Waals surface area (Å²) in [6, 6.07) is 7.74. The summed E-state index contributed by atoms with van der Waals surface area (Å²) in [7, 11) is 0. The molecule has 0 fully saturated rings. The smallest absolute Gasteiger partial charge is 0.0146 e. The lowest BCUT2D eigenvalue weighted by Crippen LogP contribution is -1.98. The van der Waals surface area contributed by atoms with E-state index in [1.165, 1.54) is 36.8 Å². The lowest BCUT2D eigenvalue weighted by molar-refractivity contribution is 0.712. The fourth-order valence-corrected chi connectivity index (χ4v) is 2.17. The average molecular weight is 203 g/mol. The molecular weight excluding hydrogens is 180 g/mol. The fraction of sp³-hybridized carbons (Fsp3) is 0.600. The first-order valence-corrected chi connectivity index (χ1v) is 6.34. The minimum atomic E-state index is 1.15.